The van der Waals surface area contributed by atoms with Crippen LogP contribution >= 0.6 is 11.3 Å². The highest BCUT2D eigenvalue weighted by Crippen LogP contribution is 2.39. The molecule has 0 spiro atoms. The van der Waals surface area contributed by atoms with Crippen molar-refractivity contribution in [3.8, 4) is 0 Å². The first kappa shape index (κ1) is 14.9. The van der Waals surface area contributed by atoms with Gasteiger partial charge in [-0.05, 0) is 19.3 Å². The third kappa shape index (κ3) is 3.56. The molecule has 0 radical (unpaired) electrons. The molecule has 1 saturated carbocycles. The molecule has 1 aliphatic rings. The van der Waals surface area contributed by atoms with Crippen LogP contribution in [0.25, 0.3) is 0 Å². The maximum atomic E-state index is 10.2. The van der Waals surface area contributed by atoms with E-state index < -0.39 is 0 Å². The number of aromatic nitrogens is 1. The molecule has 0 bridgehead atoms. The van der Waals surface area contributed by atoms with Crippen molar-refractivity contribution in [3.05, 3.63) is 16.1 Å². The number of hydrogen-bond acceptors (Lipinski definition) is 4. The van der Waals surface area contributed by atoms with E-state index in [4.69, 9.17) is 4.74 Å². The SMILES string of the molecule is COC1(CC(O)Cc2nc(C(C)(C)C)cs2)CCC1. The maximum absolute atomic E-state index is 10.2. The summed E-state index contributed by atoms with van der Waals surface area (Å²) in [6.07, 6.45) is 4.39. The van der Waals surface area contributed by atoms with Crippen LogP contribution in [0.15, 0.2) is 5.38 Å². The molecule has 0 saturated heterocycles. The molecule has 1 aromatic rings. The monoisotopic (exact) mass is 283 g/mol. The zero-order valence-corrected chi connectivity index (χ0v) is 13.2. The predicted molar refractivity (Wildman–Crippen MR) is 78.7 cm³/mol. The van der Waals surface area contributed by atoms with E-state index in [2.05, 4.69) is 31.1 Å². The minimum absolute atomic E-state index is 0.0659. The second kappa shape index (κ2) is 5.51. The zero-order valence-electron chi connectivity index (χ0n) is 12.4. The van der Waals surface area contributed by atoms with Gasteiger partial charge in [0.05, 0.1) is 22.4 Å². The number of rotatable bonds is 5. The molecule has 108 valence electrons. The highest BCUT2D eigenvalue weighted by molar-refractivity contribution is 7.09. The first-order chi connectivity index (χ1) is 8.85. The second-order valence-electron chi connectivity index (χ2n) is 6.68. The Morgan fingerprint density at radius 2 is 2.16 bits per heavy atom. The van der Waals surface area contributed by atoms with Crippen LogP contribution in [-0.4, -0.2) is 28.9 Å². The topological polar surface area (TPSA) is 42.4 Å². The van der Waals surface area contributed by atoms with Crippen LogP contribution in [-0.2, 0) is 16.6 Å². The first-order valence-corrected chi connectivity index (χ1v) is 7.91. The summed E-state index contributed by atoms with van der Waals surface area (Å²) >= 11 is 1.65. The molecule has 0 aliphatic heterocycles. The van der Waals surface area contributed by atoms with Gasteiger partial charge in [0.2, 0.25) is 0 Å². The van der Waals surface area contributed by atoms with Gasteiger partial charge in [0.25, 0.3) is 0 Å². The molecule has 4 heteroatoms. The van der Waals surface area contributed by atoms with Crippen LogP contribution in [0.3, 0.4) is 0 Å². The molecule has 2 rings (SSSR count). The van der Waals surface area contributed by atoms with Gasteiger partial charge in [0, 0.05) is 30.7 Å². The molecule has 1 unspecified atom stereocenters. The van der Waals surface area contributed by atoms with E-state index in [0.717, 1.165) is 30.0 Å². The van der Waals surface area contributed by atoms with Gasteiger partial charge in [-0.1, -0.05) is 20.8 Å². The molecule has 3 nitrogen and oxygen atoms in total. The fourth-order valence-electron chi connectivity index (χ4n) is 2.51. The van der Waals surface area contributed by atoms with E-state index in [1.807, 2.05) is 0 Å². The van der Waals surface area contributed by atoms with Crippen LogP contribution in [0.5, 0.6) is 0 Å². The molecule has 0 amide bonds. The van der Waals surface area contributed by atoms with Crippen LogP contribution < -0.4 is 0 Å². The Bertz CT molecular complexity index is 413. The van der Waals surface area contributed by atoms with Crippen molar-refractivity contribution < 1.29 is 9.84 Å². The van der Waals surface area contributed by atoms with Gasteiger partial charge in [0.15, 0.2) is 0 Å². The van der Waals surface area contributed by atoms with Crippen LogP contribution in [0.2, 0.25) is 0 Å². The number of hydrogen-bond donors (Lipinski definition) is 1. The van der Waals surface area contributed by atoms with Crippen LogP contribution in [0.4, 0.5) is 0 Å². The quantitative estimate of drug-likeness (QED) is 0.901. The summed E-state index contributed by atoms with van der Waals surface area (Å²) in [6, 6.07) is 0. The molecule has 1 N–H and O–H groups in total. The van der Waals surface area contributed by atoms with E-state index in [1.165, 1.54) is 6.42 Å². The van der Waals surface area contributed by atoms with E-state index in [0.29, 0.717) is 6.42 Å². The van der Waals surface area contributed by atoms with Gasteiger partial charge in [-0.15, -0.1) is 11.3 Å². The molecule has 1 fully saturated rings. The lowest BCUT2D eigenvalue weighted by molar-refractivity contribution is -0.0989. The number of nitrogens with zero attached hydrogens (tertiary/aromatic N) is 1. The standard InChI is InChI=1S/C15H25NO2S/c1-14(2,3)12-10-19-13(16-12)8-11(17)9-15(18-4)6-5-7-15/h10-11,17H,5-9H2,1-4H3. The molecular weight excluding hydrogens is 258 g/mol. The summed E-state index contributed by atoms with van der Waals surface area (Å²) < 4.78 is 5.56. The third-order valence-electron chi connectivity index (χ3n) is 4.04. The highest BCUT2D eigenvalue weighted by Gasteiger charge is 2.38. The number of thiazole rings is 1. The number of aliphatic hydroxyl groups excluding tert-OH is 1. The minimum Gasteiger partial charge on any atom is -0.393 e. The van der Waals surface area contributed by atoms with E-state index in [1.54, 1.807) is 18.4 Å². The largest absolute Gasteiger partial charge is 0.393 e. The summed E-state index contributed by atoms with van der Waals surface area (Å²) in [5.41, 5.74) is 1.13. The zero-order chi connectivity index (χ0) is 14.1. The van der Waals surface area contributed by atoms with Crippen molar-refractivity contribution in [1.29, 1.82) is 0 Å². The maximum Gasteiger partial charge on any atom is 0.0954 e. The van der Waals surface area contributed by atoms with Crippen molar-refractivity contribution in [1.82, 2.24) is 4.98 Å². The molecule has 1 aliphatic carbocycles. The minimum atomic E-state index is -0.348. The predicted octanol–water partition coefficient (Wildman–Crippen LogP) is 3.30. The molecule has 1 atom stereocenters. The third-order valence-corrected chi connectivity index (χ3v) is 4.91. The lowest BCUT2D eigenvalue weighted by Gasteiger charge is -2.41. The van der Waals surface area contributed by atoms with E-state index in [9.17, 15) is 5.11 Å². The van der Waals surface area contributed by atoms with Crippen molar-refractivity contribution in [2.24, 2.45) is 0 Å². The van der Waals surface area contributed by atoms with Gasteiger partial charge in [-0.3, -0.25) is 0 Å². The fraction of sp³-hybridized carbons (Fsp3) is 0.800. The van der Waals surface area contributed by atoms with Gasteiger partial charge in [0.1, 0.15) is 0 Å². The van der Waals surface area contributed by atoms with E-state index in [-0.39, 0.29) is 17.1 Å². The highest BCUT2D eigenvalue weighted by atomic mass is 32.1. The Kier molecular flexibility index (Phi) is 4.33. The smallest absolute Gasteiger partial charge is 0.0954 e. The summed E-state index contributed by atoms with van der Waals surface area (Å²) in [4.78, 5) is 4.64. The second-order valence-corrected chi connectivity index (χ2v) is 7.62. The molecular formula is C15H25NO2S. The summed E-state index contributed by atoms with van der Waals surface area (Å²) in [6.45, 7) is 6.49. The van der Waals surface area contributed by atoms with Crippen LogP contribution in [0, 0.1) is 0 Å². The molecule has 1 heterocycles. The van der Waals surface area contributed by atoms with Crippen molar-refractivity contribution in [2.45, 2.75) is 70.0 Å². The molecule has 0 aromatic carbocycles. The Labute approximate surface area is 120 Å². The first-order valence-electron chi connectivity index (χ1n) is 7.03. The Hall–Kier alpha value is -0.450. The van der Waals surface area contributed by atoms with Gasteiger partial charge in [-0.2, -0.15) is 0 Å². The van der Waals surface area contributed by atoms with Crippen molar-refractivity contribution in [2.75, 3.05) is 7.11 Å². The van der Waals surface area contributed by atoms with Gasteiger partial charge >= 0.3 is 0 Å². The van der Waals surface area contributed by atoms with Crippen LogP contribution in [0.1, 0.15) is 57.2 Å². The Balaban J connectivity index is 1.92. The van der Waals surface area contributed by atoms with Gasteiger partial charge in [-0.25, -0.2) is 4.98 Å². The average molecular weight is 283 g/mol. The number of aliphatic hydroxyl groups is 1. The summed E-state index contributed by atoms with van der Waals surface area (Å²) in [5, 5.41) is 13.4. The lowest BCUT2D eigenvalue weighted by atomic mass is 9.76. The Morgan fingerprint density at radius 3 is 2.58 bits per heavy atom. The summed E-state index contributed by atoms with van der Waals surface area (Å²) in [7, 11) is 1.76. The molecule has 1 aromatic heterocycles. The Morgan fingerprint density at radius 1 is 1.47 bits per heavy atom. The number of methoxy groups -OCH3 is 1. The summed E-state index contributed by atoms with van der Waals surface area (Å²) in [5.74, 6) is 0. The van der Waals surface area contributed by atoms with Gasteiger partial charge < -0.3 is 9.84 Å². The average Bonchev–Trinajstić information content (AvgIpc) is 2.71. The lowest BCUT2D eigenvalue weighted by Crippen LogP contribution is -2.42. The molecule has 19 heavy (non-hydrogen) atoms. The van der Waals surface area contributed by atoms with Crippen molar-refractivity contribution >= 4 is 11.3 Å². The van der Waals surface area contributed by atoms with E-state index >= 15 is 0 Å². The van der Waals surface area contributed by atoms with Crippen molar-refractivity contribution in [3.63, 3.8) is 0 Å². The fourth-order valence-corrected chi connectivity index (χ4v) is 3.61. The normalized spacial score (nSPS) is 20.1. The number of ether oxygens (including phenoxy) is 1.